The van der Waals surface area contributed by atoms with Gasteiger partial charge in [-0.25, -0.2) is 0 Å². The van der Waals surface area contributed by atoms with Crippen molar-refractivity contribution in [3.8, 4) is 5.75 Å². The predicted molar refractivity (Wildman–Crippen MR) is 229 cm³/mol. The second kappa shape index (κ2) is 26.0. The van der Waals surface area contributed by atoms with E-state index in [0.717, 1.165) is 5.56 Å². The highest BCUT2D eigenvalue weighted by Gasteiger charge is 2.22. The number of aliphatic hydroxyl groups excluding tert-OH is 1. The van der Waals surface area contributed by atoms with E-state index in [9.17, 15) is 24.3 Å². The van der Waals surface area contributed by atoms with Gasteiger partial charge in [-0.2, -0.15) is 0 Å². The number of amides is 4. The van der Waals surface area contributed by atoms with Gasteiger partial charge in [0.2, 0.25) is 0 Å². The maximum absolute atomic E-state index is 13.8. The number of fused-ring (bicyclic) bond motifs is 4. The van der Waals surface area contributed by atoms with Crippen molar-refractivity contribution < 1.29 is 43.2 Å². The molecule has 0 aliphatic carbocycles. The molecule has 58 heavy (non-hydrogen) atoms. The number of hydrogen-bond acceptors (Lipinski definition) is 11. The first-order valence-electron chi connectivity index (χ1n) is 19.6. The number of alkyl halides is 1. The molecule has 1 heterocycles. The van der Waals surface area contributed by atoms with E-state index in [0.29, 0.717) is 100.0 Å². The van der Waals surface area contributed by atoms with Crippen LogP contribution < -0.4 is 26.0 Å². The number of aliphatic hydroxyl groups is 1. The number of ether oxygens (including phenoxy) is 4. The molecule has 16 heteroatoms. The Bertz CT molecular complexity index is 1750. The third-order valence-electron chi connectivity index (χ3n) is 9.41. The summed E-state index contributed by atoms with van der Waals surface area (Å²) in [5.74, 6) is -1.27. The standard InChI is InChI=1S/C42H57IN6O9/c1-31-34-10-6-11-35(31)40(52)45-16-20-49(29-33(50)28-43)21-17-47-42(54)37-13-7-12-36(38(37)58-30-32-8-4-3-5-9-32)41(53)46-15-19-48(18-14-44-39(34)51)22-23-56-26-27-57-25-24-55-2/h3-13,33,50H,14-30H2,1-2H3,(H,44,51)(H,45,52)(H,46,53)(H,47,54). The monoisotopic (exact) mass is 916 g/mol. The summed E-state index contributed by atoms with van der Waals surface area (Å²) in [6.07, 6.45) is -0.610. The number of halogens is 1. The topological polar surface area (TPSA) is 180 Å². The Morgan fingerprint density at radius 2 is 1.10 bits per heavy atom. The normalized spacial score (nSPS) is 16.3. The Balaban J connectivity index is 1.56. The maximum Gasteiger partial charge on any atom is 0.255 e. The smallest absolute Gasteiger partial charge is 0.255 e. The van der Waals surface area contributed by atoms with Crippen molar-refractivity contribution in [2.45, 2.75) is 19.6 Å². The molecular weight excluding hydrogens is 859 g/mol. The molecule has 5 N–H and O–H groups in total. The van der Waals surface area contributed by atoms with Crippen LogP contribution >= 0.6 is 22.6 Å². The van der Waals surface area contributed by atoms with Gasteiger partial charge in [-0.15, -0.1) is 0 Å². The molecule has 1 unspecified atom stereocenters. The SMILES string of the molecule is COCCOCCOCCN1CCNC(=O)c2cccc(c2C)C(=O)NCCN(CC(O)CI)CCNC(=O)c2cccc(c2OCc2ccccc2)C(=O)NCC1. The molecule has 1 atom stereocenters. The van der Waals surface area contributed by atoms with Crippen LogP contribution in [0.5, 0.6) is 5.75 Å². The van der Waals surface area contributed by atoms with Gasteiger partial charge in [0.1, 0.15) is 12.4 Å². The molecule has 0 saturated heterocycles. The molecule has 0 aromatic heterocycles. The highest BCUT2D eigenvalue weighted by molar-refractivity contribution is 14.1. The van der Waals surface area contributed by atoms with Crippen LogP contribution in [-0.4, -0.2) is 155 Å². The second-order valence-electron chi connectivity index (χ2n) is 13.6. The van der Waals surface area contributed by atoms with Gasteiger partial charge in [0.25, 0.3) is 23.6 Å². The Morgan fingerprint density at radius 1 is 0.638 bits per heavy atom. The lowest BCUT2D eigenvalue weighted by atomic mass is 10.0. The third-order valence-corrected chi connectivity index (χ3v) is 10.4. The highest BCUT2D eigenvalue weighted by Crippen LogP contribution is 2.26. The fraction of sp³-hybridized carbons (Fsp3) is 0.476. The summed E-state index contributed by atoms with van der Waals surface area (Å²) in [6.45, 7) is 7.70. The highest BCUT2D eigenvalue weighted by atomic mass is 127. The molecule has 0 radical (unpaired) electrons. The summed E-state index contributed by atoms with van der Waals surface area (Å²) < 4.78 is 23.0. The molecular formula is C42H57IN6O9. The summed E-state index contributed by atoms with van der Waals surface area (Å²) >= 11 is 2.12. The first-order chi connectivity index (χ1) is 28.2. The number of carbonyl (C=O) groups is 4. The van der Waals surface area contributed by atoms with Crippen LogP contribution in [0.25, 0.3) is 0 Å². The summed E-state index contributed by atoms with van der Waals surface area (Å²) in [6, 6.07) is 19.4. The van der Waals surface area contributed by atoms with Crippen molar-refractivity contribution in [2.75, 3.05) is 110 Å². The average Bonchev–Trinajstić information content (AvgIpc) is 3.23. The number of para-hydroxylation sites is 1. The molecule has 4 amide bonds. The largest absolute Gasteiger partial charge is 0.487 e. The van der Waals surface area contributed by atoms with E-state index >= 15 is 0 Å². The van der Waals surface area contributed by atoms with Crippen LogP contribution in [0.15, 0.2) is 66.7 Å². The maximum atomic E-state index is 13.8. The minimum atomic E-state index is -0.610. The van der Waals surface area contributed by atoms with E-state index in [1.54, 1.807) is 50.4 Å². The zero-order valence-corrected chi connectivity index (χ0v) is 35.6. The summed E-state index contributed by atoms with van der Waals surface area (Å²) in [7, 11) is 1.62. The molecule has 1 aliphatic rings. The Morgan fingerprint density at radius 3 is 1.62 bits per heavy atom. The van der Waals surface area contributed by atoms with E-state index in [-0.39, 0.29) is 54.9 Å². The number of hydrogen-bond donors (Lipinski definition) is 5. The number of nitrogens with one attached hydrogen (secondary N) is 4. The predicted octanol–water partition coefficient (Wildman–Crippen LogP) is 2.29. The van der Waals surface area contributed by atoms with Crippen LogP contribution in [-0.2, 0) is 20.8 Å². The van der Waals surface area contributed by atoms with E-state index in [1.807, 2.05) is 35.2 Å². The minimum Gasteiger partial charge on any atom is -0.487 e. The van der Waals surface area contributed by atoms with Crippen LogP contribution in [0, 0.1) is 6.92 Å². The lowest BCUT2D eigenvalue weighted by Crippen LogP contribution is -2.43. The van der Waals surface area contributed by atoms with Gasteiger partial charge in [-0.1, -0.05) is 65.1 Å². The fourth-order valence-electron chi connectivity index (χ4n) is 6.23. The molecule has 0 saturated carbocycles. The first kappa shape index (κ1) is 46.5. The number of carbonyl (C=O) groups excluding carboxylic acids is 4. The molecule has 4 rings (SSSR count). The quantitative estimate of drug-likeness (QED) is 0.0859. The van der Waals surface area contributed by atoms with Gasteiger partial charge in [0.15, 0.2) is 0 Å². The molecule has 3 aromatic carbocycles. The van der Waals surface area contributed by atoms with Crippen molar-refractivity contribution in [3.63, 3.8) is 0 Å². The lowest BCUT2D eigenvalue weighted by Gasteiger charge is -2.25. The zero-order chi connectivity index (χ0) is 41.5. The molecule has 316 valence electrons. The van der Waals surface area contributed by atoms with Crippen LogP contribution in [0.4, 0.5) is 0 Å². The van der Waals surface area contributed by atoms with Gasteiger partial charge in [-0.05, 0) is 42.3 Å². The van der Waals surface area contributed by atoms with Gasteiger partial charge < -0.3 is 45.3 Å². The Kier molecular flexibility index (Phi) is 20.9. The Labute approximate surface area is 354 Å². The molecule has 1 aliphatic heterocycles. The van der Waals surface area contributed by atoms with Gasteiger partial charge in [0, 0.05) is 88.1 Å². The molecule has 0 fully saturated rings. The molecule has 3 aromatic rings. The average molecular weight is 917 g/mol. The summed E-state index contributed by atoms with van der Waals surface area (Å²) in [5.41, 5.74) is 2.64. The first-order valence-corrected chi connectivity index (χ1v) is 21.1. The molecule has 4 bridgehead atoms. The van der Waals surface area contributed by atoms with Crippen LogP contribution in [0.3, 0.4) is 0 Å². The number of rotatable bonds is 15. The van der Waals surface area contributed by atoms with E-state index in [2.05, 4.69) is 48.8 Å². The summed E-state index contributed by atoms with van der Waals surface area (Å²) in [4.78, 5) is 58.3. The minimum absolute atomic E-state index is 0.138. The Hall–Kier alpha value is -4.17. The van der Waals surface area contributed by atoms with Crippen molar-refractivity contribution in [3.05, 3.63) is 100 Å². The van der Waals surface area contributed by atoms with Gasteiger partial charge >= 0.3 is 0 Å². The summed E-state index contributed by atoms with van der Waals surface area (Å²) in [5, 5.41) is 22.3. The van der Waals surface area contributed by atoms with Crippen molar-refractivity contribution in [2.24, 2.45) is 0 Å². The third kappa shape index (κ3) is 15.5. The van der Waals surface area contributed by atoms with Crippen molar-refractivity contribution in [1.82, 2.24) is 31.1 Å². The number of β-amino-alcohol motifs (C(OH)–C–C–N with tert-alkyl or cyclic N) is 1. The lowest BCUT2D eigenvalue weighted by molar-refractivity contribution is 0.0196. The number of methoxy groups -OCH3 is 1. The van der Waals surface area contributed by atoms with E-state index in [4.69, 9.17) is 18.9 Å². The van der Waals surface area contributed by atoms with Crippen LogP contribution in [0.2, 0.25) is 0 Å². The fourth-order valence-corrected chi connectivity index (χ4v) is 6.51. The van der Waals surface area contributed by atoms with E-state index in [1.165, 1.54) is 0 Å². The number of benzene rings is 3. The van der Waals surface area contributed by atoms with Crippen molar-refractivity contribution in [1.29, 1.82) is 0 Å². The van der Waals surface area contributed by atoms with Crippen molar-refractivity contribution >= 4 is 46.2 Å². The molecule has 15 nitrogen and oxygen atoms in total. The van der Waals surface area contributed by atoms with Crippen LogP contribution in [0.1, 0.15) is 52.6 Å². The number of nitrogens with zero attached hydrogens (tertiary/aromatic N) is 2. The molecule has 0 spiro atoms. The van der Waals surface area contributed by atoms with Gasteiger partial charge in [0.05, 0.1) is 50.3 Å². The van der Waals surface area contributed by atoms with E-state index < -0.39 is 17.9 Å². The zero-order valence-electron chi connectivity index (χ0n) is 33.4. The van der Waals surface area contributed by atoms with Gasteiger partial charge in [-0.3, -0.25) is 29.0 Å². The second-order valence-corrected chi connectivity index (χ2v) is 14.5.